The molecule has 1 aromatic carbocycles. The van der Waals surface area contributed by atoms with Gasteiger partial charge in [-0.2, -0.15) is 0 Å². The molecule has 1 aromatic heterocycles. The second-order valence-corrected chi connectivity index (χ2v) is 4.77. The van der Waals surface area contributed by atoms with Crippen molar-refractivity contribution in [1.29, 1.82) is 0 Å². The van der Waals surface area contributed by atoms with Gasteiger partial charge in [0.05, 0.1) is 17.8 Å². The van der Waals surface area contributed by atoms with Crippen molar-refractivity contribution in [2.75, 3.05) is 7.11 Å². The molecule has 0 aliphatic carbocycles. The van der Waals surface area contributed by atoms with E-state index in [9.17, 15) is 0 Å². The summed E-state index contributed by atoms with van der Waals surface area (Å²) in [6, 6.07) is 5.10. The smallest absolute Gasteiger partial charge is 0.224 e. The van der Waals surface area contributed by atoms with E-state index < -0.39 is 0 Å². The Balaban J connectivity index is 2.68. The van der Waals surface area contributed by atoms with Gasteiger partial charge in [0.1, 0.15) is 10.8 Å². The van der Waals surface area contributed by atoms with Gasteiger partial charge in [0.25, 0.3) is 0 Å². The van der Waals surface area contributed by atoms with Gasteiger partial charge in [0.2, 0.25) is 5.28 Å². The van der Waals surface area contributed by atoms with Crippen LogP contribution in [0, 0.1) is 0 Å². The highest BCUT2D eigenvalue weighted by atomic mass is 35.5. The SMILES string of the molecule is COc1ccc(Cl)c(-c2nc(Cl)nc(Cl)c2Cl)c1. The molecule has 2 aromatic rings. The standard InChI is InChI=1S/C11H6Cl4N2O/c1-18-5-2-3-7(12)6(4-5)9-8(13)10(14)17-11(15)16-9/h2-4H,1H3. The minimum Gasteiger partial charge on any atom is -0.497 e. The predicted octanol–water partition coefficient (Wildman–Crippen LogP) is 4.77. The summed E-state index contributed by atoms with van der Waals surface area (Å²) < 4.78 is 5.12. The van der Waals surface area contributed by atoms with Gasteiger partial charge >= 0.3 is 0 Å². The first-order valence-corrected chi connectivity index (χ1v) is 6.26. The molecule has 0 bridgehead atoms. The number of ether oxygens (including phenoxy) is 1. The molecule has 0 atom stereocenters. The summed E-state index contributed by atoms with van der Waals surface area (Å²) in [5.41, 5.74) is 0.942. The summed E-state index contributed by atoms with van der Waals surface area (Å²) in [6.07, 6.45) is 0. The van der Waals surface area contributed by atoms with Gasteiger partial charge in [-0.3, -0.25) is 0 Å². The van der Waals surface area contributed by atoms with Crippen LogP contribution < -0.4 is 4.74 Å². The van der Waals surface area contributed by atoms with Crippen LogP contribution in [-0.2, 0) is 0 Å². The predicted molar refractivity (Wildman–Crippen MR) is 74.1 cm³/mol. The van der Waals surface area contributed by atoms with Crippen molar-refractivity contribution in [2.45, 2.75) is 0 Å². The van der Waals surface area contributed by atoms with Crippen molar-refractivity contribution < 1.29 is 4.74 Å². The molecular weight excluding hydrogens is 318 g/mol. The third-order valence-electron chi connectivity index (χ3n) is 2.21. The fraction of sp³-hybridized carbons (Fsp3) is 0.0909. The lowest BCUT2D eigenvalue weighted by Crippen LogP contribution is -1.93. The maximum Gasteiger partial charge on any atom is 0.224 e. The minimum absolute atomic E-state index is 0.00159. The third kappa shape index (κ3) is 2.64. The van der Waals surface area contributed by atoms with Crippen LogP contribution in [0.25, 0.3) is 11.3 Å². The molecule has 0 aliphatic rings. The molecule has 94 valence electrons. The molecule has 18 heavy (non-hydrogen) atoms. The van der Waals surface area contributed by atoms with Crippen molar-refractivity contribution in [1.82, 2.24) is 9.97 Å². The topological polar surface area (TPSA) is 35.0 Å². The minimum atomic E-state index is -0.00159. The Labute approximate surface area is 124 Å². The van der Waals surface area contributed by atoms with Gasteiger partial charge < -0.3 is 4.74 Å². The zero-order valence-electron chi connectivity index (χ0n) is 9.05. The van der Waals surface area contributed by atoms with Gasteiger partial charge in [-0.05, 0) is 29.8 Å². The summed E-state index contributed by atoms with van der Waals surface area (Å²) >= 11 is 23.8. The molecule has 0 spiro atoms. The maximum absolute atomic E-state index is 6.10. The van der Waals surface area contributed by atoms with E-state index >= 15 is 0 Å². The molecule has 7 heteroatoms. The van der Waals surface area contributed by atoms with Crippen LogP contribution in [0.5, 0.6) is 5.75 Å². The molecular formula is C11H6Cl4N2O. The molecule has 0 N–H and O–H groups in total. The number of aromatic nitrogens is 2. The monoisotopic (exact) mass is 322 g/mol. The number of nitrogens with zero attached hydrogens (tertiary/aromatic N) is 2. The molecule has 3 nitrogen and oxygen atoms in total. The lowest BCUT2D eigenvalue weighted by atomic mass is 10.1. The second kappa shape index (κ2) is 5.49. The first-order chi connectivity index (χ1) is 8.52. The van der Waals surface area contributed by atoms with E-state index in [-0.39, 0.29) is 15.5 Å². The number of hydrogen-bond donors (Lipinski definition) is 0. The van der Waals surface area contributed by atoms with Gasteiger partial charge in [-0.1, -0.05) is 34.8 Å². The summed E-state index contributed by atoms with van der Waals surface area (Å²) in [4.78, 5) is 7.78. The van der Waals surface area contributed by atoms with Crippen LogP contribution in [0.2, 0.25) is 20.5 Å². The third-order valence-corrected chi connectivity index (χ3v) is 3.44. The summed E-state index contributed by atoms with van der Waals surface area (Å²) in [6.45, 7) is 0. The molecule has 0 amide bonds. The number of rotatable bonds is 2. The Bertz CT molecular complexity index is 604. The molecule has 2 rings (SSSR count). The van der Waals surface area contributed by atoms with Crippen LogP contribution in [0.15, 0.2) is 18.2 Å². The highest BCUT2D eigenvalue weighted by Crippen LogP contribution is 2.37. The van der Waals surface area contributed by atoms with E-state index in [0.717, 1.165) is 0 Å². The number of benzene rings is 1. The van der Waals surface area contributed by atoms with Crippen LogP contribution in [0.1, 0.15) is 0 Å². The lowest BCUT2D eigenvalue weighted by molar-refractivity contribution is 0.415. The summed E-state index contributed by atoms with van der Waals surface area (Å²) in [5.74, 6) is 0.622. The molecule has 1 heterocycles. The number of hydrogen-bond acceptors (Lipinski definition) is 3. The zero-order chi connectivity index (χ0) is 13.3. The molecule has 0 saturated heterocycles. The first kappa shape index (κ1) is 13.7. The van der Waals surface area contributed by atoms with Crippen LogP contribution >= 0.6 is 46.4 Å². The van der Waals surface area contributed by atoms with Crippen LogP contribution in [0.4, 0.5) is 0 Å². The zero-order valence-corrected chi connectivity index (χ0v) is 12.1. The van der Waals surface area contributed by atoms with Crippen molar-refractivity contribution in [2.24, 2.45) is 0 Å². The average Bonchev–Trinajstić information content (AvgIpc) is 2.34. The van der Waals surface area contributed by atoms with Gasteiger partial charge in [-0.25, -0.2) is 9.97 Å². The lowest BCUT2D eigenvalue weighted by Gasteiger charge is -2.09. The van der Waals surface area contributed by atoms with E-state index in [1.165, 1.54) is 0 Å². The normalized spacial score (nSPS) is 10.5. The quantitative estimate of drug-likeness (QED) is 0.590. The Morgan fingerprint density at radius 2 is 1.78 bits per heavy atom. The molecule has 0 aliphatic heterocycles. The van der Waals surface area contributed by atoms with Crippen LogP contribution in [0.3, 0.4) is 0 Å². The van der Waals surface area contributed by atoms with E-state index in [0.29, 0.717) is 22.0 Å². The summed E-state index contributed by atoms with van der Waals surface area (Å²) in [5, 5.41) is 0.726. The number of methoxy groups -OCH3 is 1. The fourth-order valence-electron chi connectivity index (χ4n) is 1.39. The highest BCUT2D eigenvalue weighted by Gasteiger charge is 2.15. The van der Waals surface area contributed by atoms with Crippen molar-refractivity contribution in [3.63, 3.8) is 0 Å². The highest BCUT2D eigenvalue weighted by molar-refractivity contribution is 6.44. The maximum atomic E-state index is 6.10. The summed E-state index contributed by atoms with van der Waals surface area (Å²) in [7, 11) is 1.55. The fourth-order valence-corrected chi connectivity index (χ4v) is 2.16. The molecule has 0 fully saturated rings. The van der Waals surface area contributed by atoms with Gasteiger partial charge in [0, 0.05) is 5.56 Å². The Hall–Kier alpha value is -0.740. The van der Waals surface area contributed by atoms with E-state index in [1.807, 2.05) is 0 Å². The van der Waals surface area contributed by atoms with Crippen molar-refractivity contribution in [3.8, 4) is 17.0 Å². The van der Waals surface area contributed by atoms with E-state index in [1.54, 1.807) is 25.3 Å². The molecule has 0 radical (unpaired) electrons. The second-order valence-electron chi connectivity index (χ2n) is 3.29. The average molecular weight is 324 g/mol. The van der Waals surface area contributed by atoms with Gasteiger partial charge in [0.15, 0.2) is 5.15 Å². The van der Waals surface area contributed by atoms with Gasteiger partial charge in [-0.15, -0.1) is 0 Å². The Morgan fingerprint density at radius 3 is 2.44 bits per heavy atom. The Morgan fingerprint density at radius 1 is 1.06 bits per heavy atom. The van der Waals surface area contributed by atoms with Crippen molar-refractivity contribution >= 4 is 46.4 Å². The van der Waals surface area contributed by atoms with Crippen LogP contribution in [-0.4, -0.2) is 17.1 Å². The van der Waals surface area contributed by atoms with Crippen molar-refractivity contribution in [3.05, 3.63) is 38.7 Å². The molecule has 0 unspecified atom stereocenters. The molecule has 0 saturated carbocycles. The first-order valence-electron chi connectivity index (χ1n) is 4.75. The Kier molecular flexibility index (Phi) is 4.17. The van der Waals surface area contributed by atoms with E-state index in [2.05, 4.69) is 9.97 Å². The van der Waals surface area contributed by atoms with E-state index in [4.69, 9.17) is 51.1 Å². The number of halogens is 4. The largest absolute Gasteiger partial charge is 0.497 e.